The Morgan fingerprint density at radius 2 is 0.818 bits per heavy atom. The van der Waals surface area contributed by atoms with Gasteiger partial charge in [-0.05, 0) is 41.0 Å². The van der Waals surface area contributed by atoms with E-state index in [4.69, 9.17) is 0 Å². The first kappa shape index (κ1) is 22.9. The SMILES string of the molecule is [I-].c1ccc(CC[n+]2c(-c3ccccc3)cc(-c3ccccc3)cc2-c2ccccc2)cc1. The second kappa shape index (κ2) is 11.1. The highest BCUT2D eigenvalue weighted by Crippen LogP contribution is 2.29. The molecule has 0 bridgehead atoms. The Kier molecular flexibility index (Phi) is 7.69. The number of aryl methyl sites for hydroxylation is 1. The van der Waals surface area contributed by atoms with Crippen LogP contribution in [-0.2, 0) is 13.0 Å². The van der Waals surface area contributed by atoms with Gasteiger partial charge < -0.3 is 24.0 Å². The first-order chi connectivity index (χ1) is 15.9. The summed E-state index contributed by atoms with van der Waals surface area (Å²) in [6, 6.07) is 47.5. The Morgan fingerprint density at radius 1 is 0.424 bits per heavy atom. The van der Waals surface area contributed by atoms with Crippen molar-refractivity contribution in [1.82, 2.24) is 0 Å². The summed E-state index contributed by atoms with van der Waals surface area (Å²) < 4.78 is 2.48. The molecule has 0 aliphatic rings. The van der Waals surface area contributed by atoms with Crippen molar-refractivity contribution in [1.29, 1.82) is 0 Å². The molecule has 0 saturated heterocycles. The monoisotopic (exact) mass is 539 g/mol. The zero-order chi connectivity index (χ0) is 21.6. The molecule has 162 valence electrons. The van der Waals surface area contributed by atoms with Crippen molar-refractivity contribution in [2.24, 2.45) is 0 Å². The average molecular weight is 539 g/mol. The van der Waals surface area contributed by atoms with Gasteiger partial charge in [-0.3, -0.25) is 0 Å². The molecule has 5 rings (SSSR count). The van der Waals surface area contributed by atoms with Gasteiger partial charge in [0.15, 0.2) is 6.54 Å². The summed E-state index contributed by atoms with van der Waals surface area (Å²) in [4.78, 5) is 0. The van der Waals surface area contributed by atoms with E-state index < -0.39 is 0 Å². The Labute approximate surface area is 213 Å². The topological polar surface area (TPSA) is 3.88 Å². The molecule has 0 aliphatic heterocycles. The fourth-order valence-corrected chi connectivity index (χ4v) is 4.24. The fraction of sp³-hybridized carbons (Fsp3) is 0.0645. The van der Waals surface area contributed by atoms with Crippen LogP contribution in [0.15, 0.2) is 133 Å². The molecular weight excluding hydrogens is 513 g/mol. The van der Waals surface area contributed by atoms with Gasteiger partial charge >= 0.3 is 0 Å². The van der Waals surface area contributed by atoms with Crippen LogP contribution in [0, 0.1) is 0 Å². The lowest BCUT2D eigenvalue weighted by molar-refractivity contribution is -0.674. The minimum atomic E-state index is 0. The molecular formula is C31H26IN. The predicted octanol–water partition coefficient (Wildman–Crippen LogP) is 4.22. The molecule has 0 N–H and O–H groups in total. The molecule has 0 aliphatic carbocycles. The van der Waals surface area contributed by atoms with Crippen LogP contribution in [0.4, 0.5) is 0 Å². The summed E-state index contributed by atoms with van der Waals surface area (Å²) in [7, 11) is 0. The molecule has 5 aromatic rings. The molecule has 0 spiro atoms. The summed E-state index contributed by atoms with van der Waals surface area (Å²) in [5.41, 5.74) is 8.76. The fourth-order valence-electron chi connectivity index (χ4n) is 4.24. The smallest absolute Gasteiger partial charge is 0.213 e. The highest BCUT2D eigenvalue weighted by molar-refractivity contribution is 5.73. The van der Waals surface area contributed by atoms with Gasteiger partial charge in [-0.2, -0.15) is 4.57 Å². The van der Waals surface area contributed by atoms with E-state index in [1.807, 2.05) is 0 Å². The maximum atomic E-state index is 2.48. The Balaban J connectivity index is 0.00000259. The zero-order valence-electron chi connectivity index (χ0n) is 18.4. The second-order valence-corrected chi connectivity index (χ2v) is 8.00. The summed E-state index contributed by atoms with van der Waals surface area (Å²) in [6.45, 7) is 0.910. The number of rotatable bonds is 6. The quantitative estimate of drug-likeness (QED) is 0.225. The Hall–Kier alpha value is -3.24. The highest BCUT2D eigenvalue weighted by Gasteiger charge is 2.22. The molecule has 0 fully saturated rings. The number of aromatic nitrogens is 1. The van der Waals surface area contributed by atoms with Gasteiger partial charge in [-0.25, -0.2) is 0 Å². The van der Waals surface area contributed by atoms with Crippen LogP contribution in [0.2, 0.25) is 0 Å². The van der Waals surface area contributed by atoms with Crippen LogP contribution >= 0.6 is 0 Å². The van der Waals surface area contributed by atoms with Crippen LogP contribution in [0.1, 0.15) is 5.56 Å². The van der Waals surface area contributed by atoms with Crippen molar-refractivity contribution in [3.63, 3.8) is 0 Å². The third kappa shape index (κ3) is 5.40. The summed E-state index contributed by atoms with van der Waals surface area (Å²) in [6.07, 6.45) is 0.982. The van der Waals surface area contributed by atoms with Crippen molar-refractivity contribution in [3.05, 3.63) is 139 Å². The van der Waals surface area contributed by atoms with E-state index in [-0.39, 0.29) is 24.0 Å². The largest absolute Gasteiger partial charge is 1.00 e. The van der Waals surface area contributed by atoms with E-state index in [9.17, 15) is 0 Å². The lowest BCUT2D eigenvalue weighted by atomic mass is 9.98. The third-order valence-electron chi connectivity index (χ3n) is 5.88. The van der Waals surface area contributed by atoms with Crippen LogP contribution in [0.25, 0.3) is 33.6 Å². The van der Waals surface area contributed by atoms with Gasteiger partial charge in [-0.15, -0.1) is 0 Å². The van der Waals surface area contributed by atoms with Gasteiger partial charge in [0.25, 0.3) is 0 Å². The molecule has 2 heteroatoms. The minimum absolute atomic E-state index is 0. The van der Waals surface area contributed by atoms with Gasteiger partial charge in [-0.1, -0.05) is 97.1 Å². The molecule has 4 aromatic carbocycles. The van der Waals surface area contributed by atoms with E-state index >= 15 is 0 Å². The normalized spacial score (nSPS) is 10.4. The summed E-state index contributed by atoms with van der Waals surface area (Å²) in [5.74, 6) is 0. The van der Waals surface area contributed by atoms with Crippen LogP contribution in [-0.4, -0.2) is 0 Å². The van der Waals surface area contributed by atoms with Crippen LogP contribution in [0.5, 0.6) is 0 Å². The number of benzene rings is 4. The number of nitrogens with zero attached hydrogens (tertiary/aromatic N) is 1. The standard InChI is InChI=1S/C31H26N.HI/c1-5-13-25(14-6-1)21-22-32-30(27-17-9-3-10-18-27)23-29(26-15-7-2-8-16-26)24-31(32)28-19-11-4-12-20-28;/h1-20,23-24H,21-22H2;1H/q+1;/p-1. The van der Waals surface area contributed by atoms with E-state index in [0.29, 0.717) is 0 Å². The minimum Gasteiger partial charge on any atom is -1.00 e. The van der Waals surface area contributed by atoms with Crippen molar-refractivity contribution < 1.29 is 28.5 Å². The van der Waals surface area contributed by atoms with Crippen LogP contribution < -0.4 is 28.5 Å². The first-order valence-corrected chi connectivity index (χ1v) is 11.2. The lowest BCUT2D eigenvalue weighted by Crippen LogP contribution is -3.00. The third-order valence-corrected chi connectivity index (χ3v) is 5.88. The number of pyridine rings is 1. The van der Waals surface area contributed by atoms with Crippen molar-refractivity contribution >= 4 is 0 Å². The predicted molar refractivity (Wildman–Crippen MR) is 133 cm³/mol. The Morgan fingerprint density at radius 3 is 1.27 bits per heavy atom. The van der Waals surface area contributed by atoms with Gasteiger partial charge in [0, 0.05) is 29.7 Å². The second-order valence-electron chi connectivity index (χ2n) is 8.00. The average Bonchev–Trinajstić information content (AvgIpc) is 2.89. The molecule has 0 saturated carbocycles. The molecule has 1 nitrogen and oxygen atoms in total. The molecule has 1 aromatic heterocycles. The molecule has 0 unspecified atom stereocenters. The van der Waals surface area contributed by atoms with E-state index in [2.05, 4.69) is 138 Å². The molecule has 0 amide bonds. The van der Waals surface area contributed by atoms with Crippen molar-refractivity contribution in [2.75, 3.05) is 0 Å². The Bertz CT molecular complexity index is 1220. The van der Waals surface area contributed by atoms with Crippen molar-refractivity contribution in [2.45, 2.75) is 13.0 Å². The molecule has 33 heavy (non-hydrogen) atoms. The number of hydrogen-bond acceptors (Lipinski definition) is 0. The van der Waals surface area contributed by atoms with Gasteiger partial charge in [0.05, 0.1) is 0 Å². The van der Waals surface area contributed by atoms with Gasteiger partial charge in [0.2, 0.25) is 11.4 Å². The van der Waals surface area contributed by atoms with Crippen LogP contribution in [0.3, 0.4) is 0 Å². The molecule has 1 heterocycles. The van der Waals surface area contributed by atoms with Crippen molar-refractivity contribution in [3.8, 4) is 33.6 Å². The lowest BCUT2D eigenvalue weighted by Gasteiger charge is -2.13. The summed E-state index contributed by atoms with van der Waals surface area (Å²) >= 11 is 0. The molecule has 0 radical (unpaired) electrons. The van der Waals surface area contributed by atoms with E-state index in [0.717, 1.165) is 13.0 Å². The van der Waals surface area contributed by atoms with E-state index in [1.54, 1.807) is 0 Å². The molecule has 0 atom stereocenters. The summed E-state index contributed by atoms with van der Waals surface area (Å²) in [5, 5.41) is 0. The number of halogens is 1. The first-order valence-electron chi connectivity index (χ1n) is 11.2. The van der Waals surface area contributed by atoms with Gasteiger partial charge in [0.1, 0.15) is 0 Å². The number of hydrogen-bond donors (Lipinski definition) is 0. The van der Waals surface area contributed by atoms with E-state index in [1.165, 1.54) is 39.2 Å². The highest BCUT2D eigenvalue weighted by atomic mass is 127. The maximum absolute atomic E-state index is 2.48. The maximum Gasteiger partial charge on any atom is 0.213 e. The zero-order valence-corrected chi connectivity index (χ0v) is 20.6.